The summed E-state index contributed by atoms with van der Waals surface area (Å²) in [5, 5.41) is 0.566. The SMILES string of the molecule is Nc1cc(-c2coc(C3CCC3)n2)ccc1Cl. The van der Waals surface area contributed by atoms with Crippen LogP contribution in [0.4, 0.5) is 5.69 Å². The third-order valence-electron chi connectivity index (χ3n) is 3.27. The number of hydrogen-bond donors (Lipinski definition) is 1. The molecule has 0 spiro atoms. The van der Waals surface area contributed by atoms with Gasteiger partial charge in [-0.05, 0) is 25.0 Å². The Labute approximate surface area is 105 Å². The normalized spacial score (nSPS) is 15.8. The molecule has 0 saturated heterocycles. The molecule has 0 aliphatic heterocycles. The molecule has 1 aliphatic carbocycles. The van der Waals surface area contributed by atoms with Gasteiger partial charge in [0.25, 0.3) is 0 Å². The zero-order chi connectivity index (χ0) is 11.8. The van der Waals surface area contributed by atoms with Crippen LogP contribution in [0.25, 0.3) is 11.3 Å². The van der Waals surface area contributed by atoms with Gasteiger partial charge in [0.1, 0.15) is 12.0 Å². The van der Waals surface area contributed by atoms with Gasteiger partial charge in [0.2, 0.25) is 0 Å². The molecule has 1 aromatic heterocycles. The van der Waals surface area contributed by atoms with E-state index in [0.29, 0.717) is 16.6 Å². The van der Waals surface area contributed by atoms with Gasteiger partial charge in [0.15, 0.2) is 5.89 Å². The van der Waals surface area contributed by atoms with Gasteiger partial charge in [-0.3, -0.25) is 0 Å². The molecular formula is C13H13ClN2O. The molecule has 2 aromatic rings. The van der Waals surface area contributed by atoms with Gasteiger partial charge >= 0.3 is 0 Å². The molecule has 0 atom stereocenters. The molecule has 1 fully saturated rings. The van der Waals surface area contributed by atoms with Crippen molar-refractivity contribution in [2.45, 2.75) is 25.2 Å². The van der Waals surface area contributed by atoms with E-state index in [1.165, 1.54) is 19.3 Å². The Morgan fingerprint density at radius 3 is 2.82 bits per heavy atom. The first-order valence-corrected chi connectivity index (χ1v) is 6.12. The number of nitrogens with zero attached hydrogens (tertiary/aromatic N) is 1. The van der Waals surface area contributed by atoms with Crippen molar-refractivity contribution < 1.29 is 4.42 Å². The van der Waals surface area contributed by atoms with E-state index in [9.17, 15) is 0 Å². The fourth-order valence-electron chi connectivity index (χ4n) is 1.97. The van der Waals surface area contributed by atoms with E-state index in [-0.39, 0.29) is 0 Å². The van der Waals surface area contributed by atoms with E-state index >= 15 is 0 Å². The highest BCUT2D eigenvalue weighted by molar-refractivity contribution is 6.33. The molecule has 0 unspecified atom stereocenters. The molecule has 3 rings (SSSR count). The van der Waals surface area contributed by atoms with E-state index < -0.39 is 0 Å². The smallest absolute Gasteiger partial charge is 0.197 e. The number of anilines is 1. The maximum Gasteiger partial charge on any atom is 0.197 e. The van der Waals surface area contributed by atoms with Gasteiger partial charge in [0.05, 0.1) is 10.7 Å². The zero-order valence-corrected chi connectivity index (χ0v) is 10.1. The summed E-state index contributed by atoms with van der Waals surface area (Å²) >= 11 is 5.89. The highest BCUT2D eigenvalue weighted by atomic mass is 35.5. The summed E-state index contributed by atoms with van der Waals surface area (Å²) in [6, 6.07) is 5.51. The van der Waals surface area contributed by atoms with Crippen LogP contribution in [0.5, 0.6) is 0 Å². The summed E-state index contributed by atoms with van der Waals surface area (Å²) in [6.45, 7) is 0. The largest absolute Gasteiger partial charge is 0.448 e. The Kier molecular flexibility index (Phi) is 2.56. The number of rotatable bonds is 2. The highest BCUT2D eigenvalue weighted by Crippen LogP contribution is 2.37. The molecule has 1 aliphatic rings. The van der Waals surface area contributed by atoms with E-state index in [1.54, 1.807) is 12.3 Å². The Morgan fingerprint density at radius 1 is 1.35 bits per heavy atom. The Morgan fingerprint density at radius 2 is 2.18 bits per heavy atom. The number of nitrogen functional groups attached to an aromatic ring is 1. The van der Waals surface area contributed by atoms with Crippen LogP contribution in [-0.2, 0) is 0 Å². The number of oxazole rings is 1. The van der Waals surface area contributed by atoms with Crippen LogP contribution in [0.15, 0.2) is 28.9 Å². The van der Waals surface area contributed by atoms with Crippen molar-refractivity contribution in [3.8, 4) is 11.3 Å². The molecule has 17 heavy (non-hydrogen) atoms. The second kappa shape index (κ2) is 4.08. The predicted octanol–water partition coefficient (Wildman–Crippen LogP) is 3.84. The fraction of sp³-hybridized carbons (Fsp3) is 0.308. The summed E-state index contributed by atoms with van der Waals surface area (Å²) in [5.74, 6) is 1.35. The molecule has 88 valence electrons. The predicted molar refractivity (Wildman–Crippen MR) is 68.0 cm³/mol. The third-order valence-corrected chi connectivity index (χ3v) is 3.61. The zero-order valence-electron chi connectivity index (χ0n) is 9.32. The molecule has 4 heteroatoms. The summed E-state index contributed by atoms with van der Waals surface area (Å²) in [6.07, 6.45) is 5.33. The number of aromatic nitrogens is 1. The van der Waals surface area contributed by atoms with Gasteiger partial charge in [-0.2, -0.15) is 0 Å². The molecule has 2 N–H and O–H groups in total. The Balaban J connectivity index is 1.92. The number of benzene rings is 1. The molecule has 0 bridgehead atoms. The monoisotopic (exact) mass is 248 g/mol. The minimum atomic E-state index is 0.508. The second-order valence-electron chi connectivity index (χ2n) is 4.44. The van der Waals surface area contributed by atoms with Crippen molar-refractivity contribution in [2.24, 2.45) is 0 Å². The maximum atomic E-state index is 5.89. The molecular weight excluding hydrogens is 236 g/mol. The molecule has 1 heterocycles. The van der Waals surface area contributed by atoms with Crippen LogP contribution in [-0.4, -0.2) is 4.98 Å². The standard InChI is InChI=1S/C13H13ClN2O/c14-10-5-4-9(6-11(10)15)12-7-17-13(16-12)8-2-1-3-8/h4-8H,1-3,15H2. The molecule has 3 nitrogen and oxygen atoms in total. The average Bonchev–Trinajstić information content (AvgIpc) is 2.69. The number of nitrogens with two attached hydrogens (primary N) is 1. The van der Waals surface area contributed by atoms with Gasteiger partial charge in [0, 0.05) is 11.5 Å². The van der Waals surface area contributed by atoms with Crippen LogP contribution in [0.1, 0.15) is 31.1 Å². The van der Waals surface area contributed by atoms with Crippen LogP contribution >= 0.6 is 11.6 Å². The lowest BCUT2D eigenvalue weighted by Crippen LogP contribution is -2.08. The molecule has 0 amide bonds. The van der Waals surface area contributed by atoms with Crippen LogP contribution in [0, 0.1) is 0 Å². The van der Waals surface area contributed by atoms with Crippen LogP contribution < -0.4 is 5.73 Å². The topological polar surface area (TPSA) is 52.0 Å². The van der Waals surface area contributed by atoms with E-state index in [2.05, 4.69) is 4.98 Å². The lowest BCUT2D eigenvalue weighted by atomic mass is 9.85. The van der Waals surface area contributed by atoms with Gasteiger partial charge < -0.3 is 10.2 Å². The first-order valence-electron chi connectivity index (χ1n) is 5.75. The number of halogens is 1. The van der Waals surface area contributed by atoms with E-state index in [0.717, 1.165) is 17.1 Å². The quantitative estimate of drug-likeness (QED) is 0.822. The number of hydrogen-bond acceptors (Lipinski definition) is 3. The van der Waals surface area contributed by atoms with Gasteiger partial charge in [-0.1, -0.05) is 24.1 Å². The summed E-state index contributed by atoms with van der Waals surface area (Å²) in [7, 11) is 0. The summed E-state index contributed by atoms with van der Waals surface area (Å²) in [4.78, 5) is 4.51. The first kappa shape index (κ1) is 10.7. The maximum absolute atomic E-state index is 5.89. The second-order valence-corrected chi connectivity index (χ2v) is 4.84. The minimum absolute atomic E-state index is 0.508. The van der Waals surface area contributed by atoms with Crippen molar-refractivity contribution in [1.29, 1.82) is 0 Å². The van der Waals surface area contributed by atoms with Crippen molar-refractivity contribution in [3.05, 3.63) is 35.4 Å². The van der Waals surface area contributed by atoms with Crippen LogP contribution in [0.3, 0.4) is 0 Å². The van der Waals surface area contributed by atoms with E-state index in [1.807, 2.05) is 12.1 Å². The minimum Gasteiger partial charge on any atom is -0.448 e. The van der Waals surface area contributed by atoms with Crippen LogP contribution in [0.2, 0.25) is 5.02 Å². The van der Waals surface area contributed by atoms with Gasteiger partial charge in [-0.15, -0.1) is 0 Å². The summed E-state index contributed by atoms with van der Waals surface area (Å²) in [5.41, 5.74) is 8.11. The average molecular weight is 249 g/mol. The van der Waals surface area contributed by atoms with Gasteiger partial charge in [-0.25, -0.2) is 4.98 Å². The molecule has 0 radical (unpaired) electrons. The van der Waals surface area contributed by atoms with E-state index in [4.69, 9.17) is 21.8 Å². The first-order chi connectivity index (χ1) is 8.24. The third kappa shape index (κ3) is 1.91. The Bertz CT molecular complexity index is 546. The highest BCUT2D eigenvalue weighted by Gasteiger charge is 2.24. The van der Waals surface area contributed by atoms with Crippen molar-refractivity contribution in [2.75, 3.05) is 5.73 Å². The fourth-order valence-corrected chi connectivity index (χ4v) is 2.08. The summed E-state index contributed by atoms with van der Waals surface area (Å²) < 4.78 is 5.51. The molecule has 1 saturated carbocycles. The molecule has 1 aromatic carbocycles. The lowest BCUT2D eigenvalue weighted by Gasteiger charge is -2.21. The van der Waals surface area contributed by atoms with Crippen molar-refractivity contribution >= 4 is 17.3 Å². The lowest BCUT2D eigenvalue weighted by molar-refractivity contribution is 0.335. The Hall–Kier alpha value is -1.48. The van der Waals surface area contributed by atoms with Crippen molar-refractivity contribution in [1.82, 2.24) is 4.98 Å². The van der Waals surface area contributed by atoms with Crippen molar-refractivity contribution in [3.63, 3.8) is 0 Å².